The van der Waals surface area contributed by atoms with Crippen LogP contribution in [0.5, 0.6) is 5.75 Å². The number of para-hydroxylation sites is 1. The number of benzene rings is 3. The minimum atomic E-state index is -1.88. The maximum Gasteiger partial charge on any atom is 0.359 e. The van der Waals surface area contributed by atoms with Gasteiger partial charge < -0.3 is 19.5 Å². The number of esters is 1. The summed E-state index contributed by atoms with van der Waals surface area (Å²) in [5.74, 6) is -1.64. The average Bonchev–Trinajstić information content (AvgIpc) is 3.01. The smallest absolute Gasteiger partial charge is 0.359 e. The normalized spacial score (nSPS) is 19.7. The molecule has 3 aromatic carbocycles. The van der Waals surface area contributed by atoms with Gasteiger partial charge in [0.05, 0.1) is 21.8 Å². The zero-order valence-electron chi connectivity index (χ0n) is 23.1. The van der Waals surface area contributed by atoms with Crippen LogP contribution in [0.3, 0.4) is 0 Å². The van der Waals surface area contributed by atoms with Gasteiger partial charge in [-0.2, -0.15) is 0 Å². The van der Waals surface area contributed by atoms with Crippen LogP contribution in [0.1, 0.15) is 31.1 Å². The van der Waals surface area contributed by atoms with Gasteiger partial charge in [0, 0.05) is 0 Å². The molecule has 1 fully saturated rings. The Bertz CT molecular complexity index is 1500. The fraction of sp³-hybridized carbons (Fsp3) is 0.219. The molecular formula is C32H30N2O7S. The quantitative estimate of drug-likeness (QED) is 0.283. The predicted molar refractivity (Wildman–Crippen MR) is 156 cm³/mol. The Kier molecular flexibility index (Phi) is 8.53. The Morgan fingerprint density at radius 3 is 2.02 bits per heavy atom. The minimum Gasteiger partial charge on any atom is -0.487 e. The Hall–Kier alpha value is -4.70. The molecule has 1 N–H and O–H groups in total. The maximum absolute atomic E-state index is 13.9. The second-order valence-corrected chi connectivity index (χ2v) is 11.5. The molecule has 0 radical (unpaired) electrons. The zero-order valence-corrected chi connectivity index (χ0v) is 23.9. The molecule has 0 bridgehead atoms. The van der Waals surface area contributed by atoms with E-state index in [1.807, 2.05) is 66.7 Å². The molecule has 3 atom stereocenters. The van der Waals surface area contributed by atoms with E-state index in [1.165, 1.54) is 0 Å². The summed E-state index contributed by atoms with van der Waals surface area (Å²) in [5.41, 5.74) is 1.24. The lowest BCUT2D eigenvalue weighted by atomic mass is 10.0. The van der Waals surface area contributed by atoms with Crippen molar-refractivity contribution in [3.05, 3.63) is 125 Å². The van der Waals surface area contributed by atoms with E-state index in [4.69, 9.17) is 14.2 Å². The Morgan fingerprint density at radius 1 is 0.929 bits per heavy atom. The third-order valence-electron chi connectivity index (χ3n) is 6.62. The molecule has 5 rings (SSSR count). The number of fused-ring (bicyclic) bond motifs is 1. The SMILES string of the molecule is C=C1C(OC(C)C)=C(C(=O)OC(c2ccccc2)c2ccccc2)N2C(=O)[C@@H](NC(=O)COc3ccccc3)[C@H]2S1=O. The van der Waals surface area contributed by atoms with E-state index < -0.39 is 52.2 Å². The molecule has 2 amide bonds. The van der Waals surface area contributed by atoms with Gasteiger partial charge in [-0.25, -0.2) is 4.79 Å². The summed E-state index contributed by atoms with van der Waals surface area (Å²) in [7, 11) is -1.88. The Labute approximate surface area is 246 Å². The van der Waals surface area contributed by atoms with Crippen molar-refractivity contribution in [2.45, 2.75) is 37.5 Å². The molecule has 0 saturated carbocycles. The van der Waals surface area contributed by atoms with Gasteiger partial charge >= 0.3 is 5.97 Å². The summed E-state index contributed by atoms with van der Waals surface area (Å²) in [5, 5.41) is 1.52. The molecule has 1 saturated heterocycles. The molecule has 10 heteroatoms. The Balaban J connectivity index is 1.42. The Morgan fingerprint density at radius 2 is 1.48 bits per heavy atom. The predicted octanol–water partition coefficient (Wildman–Crippen LogP) is 3.96. The van der Waals surface area contributed by atoms with E-state index in [9.17, 15) is 18.6 Å². The number of carbonyl (C=O) groups is 3. The number of rotatable bonds is 10. The largest absolute Gasteiger partial charge is 0.487 e. The standard InChI is InChI=1S/C32H30N2O7S/c1-20(2)40-28-21(3)42(38)31-26(33-25(35)19-39-24-17-11-6-12-18-24)30(36)34(31)27(28)32(37)41-29(22-13-7-4-8-14-22)23-15-9-5-10-16-23/h4-18,20,26,29,31H,3,19H2,1-2H3,(H,33,35)/t26-,31-,42?/m1/s1. The first-order valence-electron chi connectivity index (χ1n) is 13.4. The van der Waals surface area contributed by atoms with Gasteiger partial charge in [0.15, 0.2) is 24.2 Å². The second-order valence-electron chi connectivity index (χ2n) is 9.92. The van der Waals surface area contributed by atoms with E-state index in [-0.39, 0.29) is 23.0 Å². The summed E-state index contributed by atoms with van der Waals surface area (Å²) in [6, 6.07) is 26.0. The minimum absolute atomic E-state index is 0.0279. The molecule has 216 valence electrons. The summed E-state index contributed by atoms with van der Waals surface area (Å²) in [6.45, 7) is 7.05. The fourth-order valence-electron chi connectivity index (χ4n) is 4.71. The van der Waals surface area contributed by atoms with Crippen molar-refractivity contribution in [1.29, 1.82) is 0 Å². The van der Waals surface area contributed by atoms with Crippen molar-refractivity contribution < 1.29 is 32.8 Å². The molecule has 2 aliphatic heterocycles. The fourth-order valence-corrected chi connectivity index (χ4v) is 6.16. The molecule has 2 heterocycles. The van der Waals surface area contributed by atoms with Crippen LogP contribution in [0, 0.1) is 0 Å². The van der Waals surface area contributed by atoms with E-state index in [1.54, 1.807) is 38.1 Å². The van der Waals surface area contributed by atoms with Crippen molar-refractivity contribution >= 4 is 28.6 Å². The zero-order chi connectivity index (χ0) is 29.8. The highest BCUT2D eigenvalue weighted by Gasteiger charge is 2.59. The number of nitrogens with zero attached hydrogens (tertiary/aromatic N) is 1. The number of ether oxygens (including phenoxy) is 3. The van der Waals surface area contributed by atoms with Crippen molar-refractivity contribution in [2.24, 2.45) is 0 Å². The van der Waals surface area contributed by atoms with Gasteiger partial charge in [-0.15, -0.1) is 0 Å². The first-order valence-corrected chi connectivity index (χ1v) is 14.6. The number of carbonyl (C=O) groups excluding carboxylic acids is 3. The number of β-lactam (4-membered cyclic amide) rings is 1. The van der Waals surface area contributed by atoms with Gasteiger partial charge in [0.25, 0.3) is 11.8 Å². The molecule has 0 aromatic heterocycles. The van der Waals surface area contributed by atoms with Crippen LogP contribution in [0.25, 0.3) is 0 Å². The molecule has 9 nitrogen and oxygen atoms in total. The number of amides is 2. The first-order chi connectivity index (χ1) is 20.3. The highest BCUT2D eigenvalue weighted by Crippen LogP contribution is 2.41. The highest BCUT2D eigenvalue weighted by molar-refractivity contribution is 7.90. The number of nitrogens with one attached hydrogen (secondary N) is 1. The van der Waals surface area contributed by atoms with Gasteiger partial charge in [0.1, 0.15) is 17.2 Å². The van der Waals surface area contributed by atoms with E-state index in [0.717, 1.165) is 16.0 Å². The van der Waals surface area contributed by atoms with Crippen LogP contribution >= 0.6 is 0 Å². The topological polar surface area (TPSA) is 111 Å². The van der Waals surface area contributed by atoms with Crippen LogP contribution in [0.4, 0.5) is 0 Å². The van der Waals surface area contributed by atoms with Gasteiger partial charge in [-0.3, -0.25) is 18.7 Å². The molecule has 42 heavy (non-hydrogen) atoms. The van der Waals surface area contributed by atoms with Crippen LogP contribution in [0.2, 0.25) is 0 Å². The van der Waals surface area contributed by atoms with Crippen LogP contribution < -0.4 is 10.1 Å². The van der Waals surface area contributed by atoms with Crippen molar-refractivity contribution in [1.82, 2.24) is 10.2 Å². The van der Waals surface area contributed by atoms with Crippen molar-refractivity contribution in [3.8, 4) is 5.75 Å². The maximum atomic E-state index is 13.9. The van der Waals surface area contributed by atoms with E-state index >= 15 is 0 Å². The summed E-state index contributed by atoms with van der Waals surface area (Å²) < 4.78 is 30.9. The number of hydrogen-bond donors (Lipinski definition) is 1. The lowest BCUT2D eigenvalue weighted by molar-refractivity contribution is -0.155. The third-order valence-corrected chi connectivity index (χ3v) is 8.21. The number of hydrogen-bond acceptors (Lipinski definition) is 7. The van der Waals surface area contributed by atoms with Gasteiger partial charge in [0.2, 0.25) is 0 Å². The molecule has 3 aromatic rings. The lowest BCUT2D eigenvalue weighted by Crippen LogP contribution is -2.73. The molecule has 1 unspecified atom stereocenters. The summed E-state index contributed by atoms with van der Waals surface area (Å²) >= 11 is 0. The molecular weight excluding hydrogens is 556 g/mol. The van der Waals surface area contributed by atoms with Crippen LogP contribution in [-0.4, -0.2) is 51.0 Å². The molecule has 0 aliphatic carbocycles. The molecule has 0 spiro atoms. The summed E-state index contributed by atoms with van der Waals surface area (Å²) in [6.07, 6.45) is -1.22. The average molecular weight is 587 g/mol. The van der Waals surface area contributed by atoms with Gasteiger partial charge in [-0.05, 0) is 37.1 Å². The highest BCUT2D eigenvalue weighted by atomic mass is 32.2. The van der Waals surface area contributed by atoms with Crippen molar-refractivity contribution in [3.63, 3.8) is 0 Å². The van der Waals surface area contributed by atoms with Crippen LogP contribution in [0.15, 0.2) is 114 Å². The van der Waals surface area contributed by atoms with Crippen LogP contribution in [-0.2, 0) is 34.7 Å². The first kappa shape index (κ1) is 28.8. The van der Waals surface area contributed by atoms with E-state index in [2.05, 4.69) is 11.9 Å². The lowest BCUT2D eigenvalue weighted by Gasteiger charge is -2.49. The monoisotopic (exact) mass is 586 g/mol. The van der Waals surface area contributed by atoms with E-state index in [0.29, 0.717) is 5.75 Å². The molecule has 2 aliphatic rings. The summed E-state index contributed by atoms with van der Waals surface area (Å²) in [4.78, 5) is 41.1. The second kappa shape index (κ2) is 12.4. The van der Waals surface area contributed by atoms with Gasteiger partial charge in [-0.1, -0.05) is 85.4 Å². The van der Waals surface area contributed by atoms with Crippen molar-refractivity contribution in [2.75, 3.05) is 6.61 Å². The third kappa shape index (κ3) is 5.84.